The first-order chi connectivity index (χ1) is 19.3. The summed E-state index contributed by atoms with van der Waals surface area (Å²) in [7, 11) is 1.81. The topological polar surface area (TPSA) is 118 Å². The standard InChI is InChI=1S/C29H32FN7O3/c1-18-4-5-20(17-37(18)19(2)39)29-34-27(22-10-26(15-31-13-22)40-7-6-38)12-28(35-29)33-25-9-21(8-24(30)11-25)23-14-32-36(3)16-23/h8-16,18,20,38H,4-7,17H2,1-3H3,(H,33,34,35)/t18-,20+/m0/s1. The van der Waals surface area contributed by atoms with Crippen molar-refractivity contribution in [3.63, 3.8) is 0 Å². The van der Waals surface area contributed by atoms with Crippen molar-refractivity contribution in [2.24, 2.45) is 7.05 Å². The highest BCUT2D eigenvalue weighted by Gasteiger charge is 2.30. The van der Waals surface area contributed by atoms with Crippen LogP contribution in [0, 0.1) is 5.82 Å². The van der Waals surface area contributed by atoms with Crippen LogP contribution < -0.4 is 10.1 Å². The molecule has 4 aromatic rings. The number of carbonyl (C=O) groups is 1. The summed E-state index contributed by atoms with van der Waals surface area (Å²) >= 11 is 0. The molecule has 0 spiro atoms. The smallest absolute Gasteiger partial charge is 0.219 e. The number of ether oxygens (including phenoxy) is 1. The quantitative estimate of drug-likeness (QED) is 0.336. The van der Waals surface area contributed by atoms with Crippen LogP contribution in [0.4, 0.5) is 15.9 Å². The maximum Gasteiger partial charge on any atom is 0.219 e. The molecule has 0 bridgehead atoms. The molecule has 40 heavy (non-hydrogen) atoms. The molecule has 1 aliphatic rings. The van der Waals surface area contributed by atoms with E-state index in [1.165, 1.54) is 12.1 Å². The third-order valence-corrected chi connectivity index (χ3v) is 6.97. The molecular weight excluding hydrogens is 513 g/mol. The number of aryl methyl sites for hydroxylation is 1. The molecule has 2 N–H and O–H groups in total. The van der Waals surface area contributed by atoms with Crippen molar-refractivity contribution in [2.45, 2.75) is 38.6 Å². The number of aliphatic hydroxyl groups is 1. The highest BCUT2D eigenvalue weighted by molar-refractivity contribution is 5.74. The fourth-order valence-corrected chi connectivity index (χ4v) is 4.96. The number of nitrogens with one attached hydrogen (secondary N) is 1. The Morgan fingerprint density at radius 3 is 2.70 bits per heavy atom. The number of hydrogen-bond donors (Lipinski definition) is 2. The van der Waals surface area contributed by atoms with Crippen molar-refractivity contribution in [3.05, 3.63) is 66.8 Å². The lowest BCUT2D eigenvalue weighted by Gasteiger charge is -2.37. The monoisotopic (exact) mass is 545 g/mol. The minimum Gasteiger partial charge on any atom is -0.490 e. The van der Waals surface area contributed by atoms with E-state index in [0.717, 1.165) is 18.4 Å². The summed E-state index contributed by atoms with van der Waals surface area (Å²) < 4.78 is 21.9. The van der Waals surface area contributed by atoms with Gasteiger partial charge in [-0.05, 0) is 49.6 Å². The molecule has 1 saturated heterocycles. The SMILES string of the molecule is CC(=O)N1C[C@H](c2nc(Nc3cc(F)cc(-c4cnn(C)c4)c3)cc(-c3cncc(OCCO)c3)n2)CC[C@@H]1C. The third-order valence-electron chi connectivity index (χ3n) is 6.97. The molecule has 0 saturated carbocycles. The van der Waals surface area contributed by atoms with Gasteiger partial charge in [-0.25, -0.2) is 14.4 Å². The van der Waals surface area contributed by atoms with E-state index in [4.69, 9.17) is 19.8 Å². The number of benzene rings is 1. The van der Waals surface area contributed by atoms with E-state index in [-0.39, 0.29) is 31.1 Å². The van der Waals surface area contributed by atoms with Gasteiger partial charge in [0.25, 0.3) is 0 Å². The van der Waals surface area contributed by atoms with Crippen molar-refractivity contribution in [3.8, 4) is 28.1 Å². The van der Waals surface area contributed by atoms with Gasteiger partial charge in [-0.15, -0.1) is 0 Å². The summed E-state index contributed by atoms with van der Waals surface area (Å²) in [5.41, 5.74) is 3.30. The number of likely N-dealkylation sites (tertiary alicyclic amines) is 1. The Balaban J connectivity index is 1.53. The molecule has 3 aromatic heterocycles. The second-order valence-electron chi connectivity index (χ2n) is 10.0. The van der Waals surface area contributed by atoms with Gasteiger partial charge >= 0.3 is 0 Å². The molecule has 10 nitrogen and oxygen atoms in total. The highest BCUT2D eigenvalue weighted by Crippen LogP contribution is 2.33. The van der Waals surface area contributed by atoms with Crippen molar-refractivity contribution in [1.82, 2.24) is 29.6 Å². The Hall–Kier alpha value is -4.38. The molecule has 1 aromatic carbocycles. The van der Waals surface area contributed by atoms with Crippen LogP contribution in [0.1, 0.15) is 38.4 Å². The molecule has 2 atom stereocenters. The number of halogens is 1. The van der Waals surface area contributed by atoms with Gasteiger partial charge in [-0.2, -0.15) is 5.10 Å². The van der Waals surface area contributed by atoms with Gasteiger partial charge < -0.3 is 20.1 Å². The first kappa shape index (κ1) is 27.2. The maximum absolute atomic E-state index is 14.7. The zero-order chi connectivity index (χ0) is 28.2. The first-order valence-corrected chi connectivity index (χ1v) is 13.2. The summed E-state index contributed by atoms with van der Waals surface area (Å²) in [6, 6.07) is 8.43. The lowest BCUT2D eigenvalue weighted by atomic mass is 9.92. The van der Waals surface area contributed by atoms with Crippen LogP contribution in [0.25, 0.3) is 22.4 Å². The molecule has 4 heterocycles. The Morgan fingerprint density at radius 2 is 1.95 bits per heavy atom. The fourth-order valence-electron chi connectivity index (χ4n) is 4.96. The zero-order valence-corrected chi connectivity index (χ0v) is 22.7. The minimum absolute atomic E-state index is 0.0207. The predicted octanol–water partition coefficient (Wildman–Crippen LogP) is 4.31. The van der Waals surface area contributed by atoms with E-state index in [9.17, 15) is 9.18 Å². The Labute approximate surface area is 231 Å². The number of pyridine rings is 1. The molecule has 5 rings (SSSR count). The molecule has 1 aliphatic heterocycles. The minimum atomic E-state index is -0.394. The van der Waals surface area contributed by atoms with E-state index in [0.29, 0.717) is 46.4 Å². The molecule has 0 radical (unpaired) electrons. The van der Waals surface area contributed by atoms with Crippen LogP contribution in [-0.4, -0.2) is 66.4 Å². The first-order valence-electron chi connectivity index (χ1n) is 13.2. The number of piperidine rings is 1. The van der Waals surface area contributed by atoms with Gasteiger partial charge in [0.1, 0.15) is 29.8 Å². The molecule has 1 amide bonds. The fraction of sp³-hybridized carbons (Fsp3) is 0.345. The van der Waals surface area contributed by atoms with Crippen molar-refractivity contribution < 1.29 is 19.0 Å². The summed E-state index contributed by atoms with van der Waals surface area (Å²) in [6.07, 6.45) is 8.42. The summed E-state index contributed by atoms with van der Waals surface area (Å²) in [5, 5.41) is 16.6. The number of aromatic nitrogens is 5. The number of nitrogens with zero attached hydrogens (tertiary/aromatic N) is 6. The van der Waals surface area contributed by atoms with Gasteiger partial charge in [0.05, 0.1) is 24.7 Å². The van der Waals surface area contributed by atoms with E-state index in [1.807, 2.05) is 24.2 Å². The molecule has 0 aliphatic carbocycles. The van der Waals surface area contributed by atoms with Crippen LogP contribution in [-0.2, 0) is 11.8 Å². The molecule has 1 fully saturated rings. The molecule has 0 unspecified atom stereocenters. The van der Waals surface area contributed by atoms with E-state index in [2.05, 4.69) is 22.3 Å². The van der Waals surface area contributed by atoms with Crippen molar-refractivity contribution >= 4 is 17.4 Å². The molecule has 11 heteroatoms. The average Bonchev–Trinajstić information content (AvgIpc) is 3.38. The predicted molar refractivity (Wildman–Crippen MR) is 149 cm³/mol. The van der Waals surface area contributed by atoms with Gasteiger partial charge in [0.2, 0.25) is 5.91 Å². The van der Waals surface area contributed by atoms with Crippen molar-refractivity contribution in [2.75, 3.05) is 25.1 Å². The Bertz CT molecular complexity index is 1510. The van der Waals surface area contributed by atoms with Crippen LogP contribution in [0.2, 0.25) is 0 Å². The molecule has 208 valence electrons. The van der Waals surface area contributed by atoms with Crippen molar-refractivity contribution in [1.29, 1.82) is 0 Å². The van der Waals surface area contributed by atoms with E-state index < -0.39 is 5.82 Å². The Morgan fingerprint density at radius 1 is 1.10 bits per heavy atom. The lowest BCUT2D eigenvalue weighted by Crippen LogP contribution is -2.44. The third kappa shape index (κ3) is 6.26. The largest absolute Gasteiger partial charge is 0.490 e. The summed E-state index contributed by atoms with van der Waals surface area (Å²) in [5.74, 6) is 1.13. The van der Waals surface area contributed by atoms with Gasteiger partial charge in [0.15, 0.2) is 0 Å². The average molecular weight is 546 g/mol. The van der Waals surface area contributed by atoms with E-state index >= 15 is 0 Å². The maximum atomic E-state index is 14.7. The van der Waals surface area contributed by atoms with Crippen LogP contribution >= 0.6 is 0 Å². The van der Waals surface area contributed by atoms with Crippen LogP contribution in [0.5, 0.6) is 5.75 Å². The number of rotatable bonds is 8. The number of hydrogen-bond acceptors (Lipinski definition) is 8. The number of anilines is 2. The van der Waals surface area contributed by atoms with Gasteiger partial charge in [0, 0.05) is 67.8 Å². The van der Waals surface area contributed by atoms with Gasteiger partial charge in [-0.3, -0.25) is 14.5 Å². The van der Waals surface area contributed by atoms with Crippen LogP contribution in [0.3, 0.4) is 0 Å². The van der Waals surface area contributed by atoms with E-state index in [1.54, 1.807) is 42.3 Å². The normalized spacial score (nSPS) is 17.1. The second kappa shape index (κ2) is 11.8. The zero-order valence-electron chi connectivity index (χ0n) is 22.7. The molecular formula is C29H32FN7O3. The Kier molecular flexibility index (Phi) is 8.01. The van der Waals surface area contributed by atoms with Crippen LogP contribution in [0.15, 0.2) is 55.1 Å². The second-order valence-corrected chi connectivity index (χ2v) is 10.0. The summed E-state index contributed by atoms with van der Waals surface area (Å²) in [6.45, 7) is 4.18. The lowest BCUT2D eigenvalue weighted by molar-refractivity contribution is -0.132. The number of aliphatic hydroxyl groups excluding tert-OH is 1. The number of carbonyl (C=O) groups excluding carboxylic acids is 1. The highest BCUT2D eigenvalue weighted by atomic mass is 19.1. The number of amides is 1. The van der Waals surface area contributed by atoms with Gasteiger partial charge in [-0.1, -0.05) is 0 Å². The summed E-state index contributed by atoms with van der Waals surface area (Å²) in [4.78, 5) is 28.1.